The second kappa shape index (κ2) is 4.93. The van der Waals surface area contributed by atoms with E-state index < -0.39 is 0 Å². The molecule has 0 aliphatic carbocycles. The van der Waals surface area contributed by atoms with Gasteiger partial charge in [-0.15, -0.1) is 12.4 Å². The Labute approximate surface area is 128 Å². The molecule has 0 bridgehead atoms. The number of nitrogens with one attached hydrogen (secondary N) is 1. The summed E-state index contributed by atoms with van der Waals surface area (Å²) in [6.45, 7) is 1.01. The number of halogens is 1. The van der Waals surface area contributed by atoms with Gasteiger partial charge in [-0.2, -0.15) is 0 Å². The molecular weight excluding hydrogens is 286 g/mol. The largest absolute Gasteiger partial charge is 0.384 e. The third-order valence-electron chi connectivity index (χ3n) is 3.91. The Morgan fingerprint density at radius 1 is 1.29 bits per heavy atom. The lowest BCUT2D eigenvalue weighted by atomic mass is 10.0. The standard InChI is InChI=1S/C15H15N5.ClH/c1-20-7-11(13-14(16)18-8-19-15(13)20)9-2-3-12-10(6-9)4-5-17-12;/h2-3,6-8,17H,4-5H2,1H3,(H2,16,18,19);1H. The zero-order chi connectivity index (χ0) is 13.7. The van der Waals surface area contributed by atoms with E-state index in [2.05, 4.69) is 39.7 Å². The maximum Gasteiger partial charge on any atom is 0.145 e. The van der Waals surface area contributed by atoms with Crippen molar-refractivity contribution in [3.05, 3.63) is 36.3 Å². The first-order valence-corrected chi connectivity index (χ1v) is 6.67. The van der Waals surface area contributed by atoms with Crippen LogP contribution in [0.5, 0.6) is 0 Å². The van der Waals surface area contributed by atoms with Crippen LogP contribution >= 0.6 is 12.4 Å². The maximum absolute atomic E-state index is 6.04. The Morgan fingerprint density at radius 3 is 3.00 bits per heavy atom. The second-order valence-electron chi connectivity index (χ2n) is 5.16. The minimum absolute atomic E-state index is 0. The van der Waals surface area contributed by atoms with E-state index in [-0.39, 0.29) is 12.4 Å². The van der Waals surface area contributed by atoms with Crippen LogP contribution in [0.3, 0.4) is 0 Å². The molecule has 0 spiro atoms. The van der Waals surface area contributed by atoms with Gasteiger partial charge in [0, 0.05) is 31.0 Å². The Balaban J connectivity index is 0.00000132. The molecule has 4 rings (SSSR count). The van der Waals surface area contributed by atoms with Gasteiger partial charge >= 0.3 is 0 Å². The van der Waals surface area contributed by atoms with Crippen molar-refractivity contribution in [1.29, 1.82) is 0 Å². The highest BCUT2D eigenvalue weighted by atomic mass is 35.5. The number of aryl methyl sites for hydroxylation is 1. The van der Waals surface area contributed by atoms with Gasteiger partial charge in [0.15, 0.2) is 0 Å². The molecule has 0 unspecified atom stereocenters. The van der Waals surface area contributed by atoms with Gasteiger partial charge in [0.25, 0.3) is 0 Å². The fraction of sp³-hybridized carbons (Fsp3) is 0.200. The van der Waals surface area contributed by atoms with E-state index in [0.29, 0.717) is 5.82 Å². The van der Waals surface area contributed by atoms with E-state index in [1.54, 1.807) is 0 Å². The first-order chi connectivity index (χ1) is 9.74. The van der Waals surface area contributed by atoms with Gasteiger partial charge in [0.2, 0.25) is 0 Å². The molecule has 2 aromatic heterocycles. The number of benzene rings is 1. The zero-order valence-electron chi connectivity index (χ0n) is 11.6. The molecule has 0 saturated carbocycles. The van der Waals surface area contributed by atoms with Gasteiger partial charge in [-0.1, -0.05) is 6.07 Å². The van der Waals surface area contributed by atoms with Crippen molar-refractivity contribution in [3.63, 3.8) is 0 Å². The number of nitrogen functional groups attached to an aromatic ring is 1. The van der Waals surface area contributed by atoms with E-state index in [1.165, 1.54) is 23.1 Å². The molecule has 108 valence electrons. The predicted octanol–water partition coefficient (Wildman–Crippen LogP) is 2.61. The summed E-state index contributed by atoms with van der Waals surface area (Å²) in [5.74, 6) is 0.532. The molecule has 1 aliphatic heterocycles. The van der Waals surface area contributed by atoms with Crippen LogP contribution in [0.15, 0.2) is 30.7 Å². The average Bonchev–Trinajstić information content (AvgIpc) is 3.04. The van der Waals surface area contributed by atoms with E-state index in [9.17, 15) is 0 Å². The number of rotatable bonds is 1. The highest BCUT2D eigenvalue weighted by Gasteiger charge is 2.16. The van der Waals surface area contributed by atoms with Crippen molar-refractivity contribution in [1.82, 2.24) is 14.5 Å². The lowest BCUT2D eigenvalue weighted by Gasteiger charge is -2.04. The smallest absolute Gasteiger partial charge is 0.145 e. The van der Waals surface area contributed by atoms with Crippen LogP contribution < -0.4 is 11.1 Å². The van der Waals surface area contributed by atoms with Gasteiger partial charge < -0.3 is 15.6 Å². The SMILES string of the molecule is Cl.Cn1cc(-c2ccc3c(c2)CCN3)c2c(N)ncnc21. The van der Waals surface area contributed by atoms with Crippen LogP contribution in [0.25, 0.3) is 22.2 Å². The van der Waals surface area contributed by atoms with Crippen LogP contribution in [-0.4, -0.2) is 21.1 Å². The van der Waals surface area contributed by atoms with Crippen molar-refractivity contribution in [2.45, 2.75) is 6.42 Å². The fourth-order valence-corrected chi connectivity index (χ4v) is 2.93. The van der Waals surface area contributed by atoms with Crippen molar-refractivity contribution in [2.75, 3.05) is 17.6 Å². The minimum Gasteiger partial charge on any atom is -0.384 e. The van der Waals surface area contributed by atoms with E-state index in [4.69, 9.17) is 5.73 Å². The van der Waals surface area contributed by atoms with Crippen molar-refractivity contribution >= 4 is 34.9 Å². The number of nitrogens with zero attached hydrogens (tertiary/aromatic N) is 3. The Hall–Kier alpha value is -2.27. The van der Waals surface area contributed by atoms with E-state index in [1.807, 2.05) is 11.6 Å². The fourth-order valence-electron chi connectivity index (χ4n) is 2.93. The molecular formula is C15H16ClN5. The third kappa shape index (κ3) is 2.01. The van der Waals surface area contributed by atoms with Crippen LogP contribution in [-0.2, 0) is 13.5 Å². The molecule has 1 aliphatic rings. The first-order valence-electron chi connectivity index (χ1n) is 6.67. The van der Waals surface area contributed by atoms with Crippen LogP contribution in [0.2, 0.25) is 0 Å². The summed E-state index contributed by atoms with van der Waals surface area (Å²) in [7, 11) is 1.98. The van der Waals surface area contributed by atoms with Gasteiger partial charge in [-0.05, 0) is 29.7 Å². The summed E-state index contributed by atoms with van der Waals surface area (Å²) in [6, 6.07) is 6.49. The molecule has 0 amide bonds. The molecule has 0 radical (unpaired) electrons. The molecule has 3 heterocycles. The summed E-state index contributed by atoms with van der Waals surface area (Å²) in [5.41, 5.74) is 11.8. The summed E-state index contributed by atoms with van der Waals surface area (Å²) >= 11 is 0. The summed E-state index contributed by atoms with van der Waals surface area (Å²) in [4.78, 5) is 8.44. The Kier molecular flexibility index (Phi) is 3.22. The highest BCUT2D eigenvalue weighted by molar-refractivity contribution is 6.00. The average molecular weight is 302 g/mol. The number of hydrogen-bond acceptors (Lipinski definition) is 4. The van der Waals surface area contributed by atoms with Gasteiger partial charge in [-0.3, -0.25) is 0 Å². The van der Waals surface area contributed by atoms with Gasteiger partial charge in [0.05, 0.1) is 5.39 Å². The van der Waals surface area contributed by atoms with Crippen molar-refractivity contribution < 1.29 is 0 Å². The third-order valence-corrected chi connectivity index (χ3v) is 3.91. The quantitative estimate of drug-likeness (QED) is 0.725. The van der Waals surface area contributed by atoms with Crippen LogP contribution in [0, 0.1) is 0 Å². The monoisotopic (exact) mass is 301 g/mol. The van der Waals surface area contributed by atoms with Gasteiger partial charge in [-0.25, -0.2) is 9.97 Å². The number of nitrogens with two attached hydrogens (primary N) is 1. The van der Waals surface area contributed by atoms with E-state index >= 15 is 0 Å². The molecule has 21 heavy (non-hydrogen) atoms. The second-order valence-corrected chi connectivity index (χ2v) is 5.16. The first kappa shape index (κ1) is 13.7. The lowest BCUT2D eigenvalue weighted by molar-refractivity contribution is 0.945. The summed E-state index contributed by atoms with van der Waals surface area (Å²) < 4.78 is 1.99. The van der Waals surface area contributed by atoms with Crippen LogP contribution in [0.1, 0.15) is 5.56 Å². The topological polar surface area (TPSA) is 68.8 Å². The highest BCUT2D eigenvalue weighted by Crippen LogP contribution is 2.34. The molecule has 1 aromatic carbocycles. The zero-order valence-corrected chi connectivity index (χ0v) is 12.4. The normalized spacial score (nSPS) is 12.8. The molecule has 6 heteroatoms. The number of hydrogen-bond donors (Lipinski definition) is 2. The molecule has 0 atom stereocenters. The molecule has 5 nitrogen and oxygen atoms in total. The molecule has 0 saturated heterocycles. The van der Waals surface area contributed by atoms with E-state index in [0.717, 1.165) is 29.6 Å². The van der Waals surface area contributed by atoms with Crippen molar-refractivity contribution in [3.8, 4) is 11.1 Å². The maximum atomic E-state index is 6.04. The molecule has 3 N–H and O–H groups in total. The Morgan fingerprint density at radius 2 is 2.14 bits per heavy atom. The summed E-state index contributed by atoms with van der Waals surface area (Å²) in [5, 5.41) is 4.31. The lowest BCUT2D eigenvalue weighted by Crippen LogP contribution is -1.94. The number of aromatic nitrogens is 3. The summed E-state index contributed by atoms with van der Waals surface area (Å²) in [6.07, 6.45) is 4.65. The van der Waals surface area contributed by atoms with Crippen molar-refractivity contribution in [2.24, 2.45) is 7.05 Å². The van der Waals surface area contributed by atoms with Crippen LogP contribution in [0.4, 0.5) is 11.5 Å². The number of anilines is 2. The van der Waals surface area contributed by atoms with Gasteiger partial charge in [0.1, 0.15) is 17.8 Å². The molecule has 0 fully saturated rings. The molecule has 3 aromatic rings. The minimum atomic E-state index is 0. The Bertz CT molecular complexity index is 824. The number of fused-ring (bicyclic) bond motifs is 2. The predicted molar refractivity (Wildman–Crippen MR) is 87.8 cm³/mol.